The van der Waals surface area contributed by atoms with Crippen LogP contribution in [-0.4, -0.2) is 19.9 Å². The summed E-state index contributed by atoms with van der Waals surface area (Å²) in [5.74, 6) is 0. The second-order valence-corrected chi connectivity index (χ2v) is 4.74. The first-order chi connectivity index (χ1) is 9.45. The number of nitrogens with zero attached hydrogens (tertiary/aromatic N) is 4. The van der Waals surface area contributed by atoms with E-state index in [1.165, 1.54) is 6.07 Å². The topological polar surface area (TPSA) is 99.9 Å². The molecule has 0 saturated carbocycles. The van der Waals surface area contributed by atoms with Crippen LogP contribution in [0.5, 0.6) is 0 Å². The van der Waals surface area contributed by atoms with Gasteiger partial charge in [0.05, 0.1) is 34.1 Å². The number of hydrogen-bond acceptors (Lipinski definition) is 5. The molecule has 20 heavy (non-hydrogen) atoms. The van der Waals surface area contributed by atoms with Gasteiger partial charge in [0, 0.05) is 6.07 Å². The minimum absolute atomic E-state index is 0.0717. The fourth-order valence-electron chi connectivity index (χ4n) is 2.14. The molecular weight excluding hydrogens is 258 g/mol. The Bertz CT molecular complexity index is 650. The molecule has 2 N–H and O–H groups in total. The maximum atomic E-state index is 11.0. The summed E-state index contributed by atoms with van der Waals surface area (Å²) in [5.41, 5.74) is 8.81. The van der Waals surface area contributed by atoms with Crippen LogP contribution in [0.15, 0.2) is 18.3 Å². The highest BCUT2D eigenvalue weighted by atomic mass is 16.6. The second-order valence-electron chi connectivity index (χ2n) is 4.74. The molecule has 1 unspecified atom stereocenters. The maximum absolute atomic E-state index is 11.0. The molecule has 106 valence electrons. The van der Waals surface area contributed by atoms with Gasteiger partial charge in [0.1, 0.15) is 0 Å². The molecule has 0 spiro atoms. The molecule has 0 aliphatic heterocycles. The summed E-state index contributed by atoms with van der Waals surface area (Å²) in [6.07, 6.45) is 2.48. The van der Waals surface area contributed by atoms with Crippen LogP contribution in [0.1, 0.15) is 36.2 Å². The predicted molar refractivity (Wildman–Crippen MR) is 74.7 cm³/mol. The molecule has 1 atom stereocenters. The first kappa shape index (κ1) is 14.1. The summed E-state index contributed by atoms with van der Waals surface area (Å²) in [6.45, 7) is 5.56. The third-order valence-electron chi connectivity index (χ3n) is 3.36. The average molecular weight is 275 g/mol. The lowest BCUT2D eigenvalue weighted by Crippen LogP contribution is -2.08. The van der Waals surface area contributed by atoms with Crippen LogP contribution >= 0.6 is 0 Å². The monoisotopic (exact) mass is 275 g/mol. The Morgan fingerprint density at radius 1 is 1.45 bits per heavy atom. The highest BCUT2D eigenvalue weighted by molar-refractivity contribution is 5.56. The van der Waals surface area contributed by atoms with Crippen LogP contribution < -0.4 is 5.73 Å². The summed E-state index contributed by atoms with van der Waals surface area (Å²) < 4.78 is 1.56. The lowest BCUT2D eigenvalue weighted by atomic mass is 10.1. The van der Waals surface area contributed by atoms with E-state index in [4.69, 9.17) is 5.73 Å². The van der Waals surface area contributed by atoms with Gasteiger partial charge in [0.2, 0.25) is 0 Å². The van der Waals surface area contributed by atoms with Gasteiger partial charge in [0.25, 0.3) is 5.69 Å². The zero-order valence-electron chi connectivity index (χ0n) is 11.7. The van der Waals surface area contributed by atoms with E-state index in [9.17, 15) is 10.1 Å². The summed E-state index contributed by atoms with van der Waals surface area (Å²) in [6, 6.07) is 3.04. The Morgan fingerprint density at radius 3 is 2.75 bits per heavy atom. The van der Waals surface area contributed by atoms with Crippen molar-refractivity contribution in [2.75, 3.05) is 0 Å². The Morgan fingerprint density at radius 2 is 2.15 bits per heavy atom. The van der Waals surface area contributed by atoms with Crippen LogP contribution in [0.2, 0.25) is 0 Å². The molecule has 7 nitrogen and oxygen atoms in total. The summed E-state index contributed by atoms with van der Waals surface area (Å²) in [4.78, 5) is 10.6. The number of rotatable bonds is 4. The van der Waals surface area contributed by atoms with E-state index in [1.54, 1.807) is 23.9 Å². The molecule has 1 heterocycles. The van der Waals surface area contributed by atoms with Gasteiger partial charge in [-0.25, -0.2) is 4.68 Å². The summed E-state index contributed by atoms with van der Waals surface area (Å²) in [7, 11) is 0. The van der Waals surface area contributed by atoms with Crippen molar-refractivity contribution in [2.45, 2.75) is 33.2 Å². The number of hydrogen-bond donors (Lipinski definition) is 1. The van der Waals surface area contributed by atoms with Gasteiger partial charge < -0.3 is 5.73 Å². The second kappa shape index (κ2) is 5.38. The van der Waals surface area contributed by atoms with Gasteiger partial charge in [-0.2, -0.15) is 0 Å². The number of nitrogens with two attached hydrogens (primary N) is 1. The smallest absolute Gasteiger partial charge is 0.274 e. The normalized spacial score (nSPS) is 12.4. The average Bonchev–Trinajstić information content (AvgIpc) is 2.87. The van der Waals surface area contributed by atoms with Crippen molar-refractivity contribution < 1.29 is 4.92 Å². The fourth-order valence-corrected chi connectivity index (χ4v) is 2.14. The molecule has 0 saturated heterocycles. The van der Waals surface area contributed by atoms with E-state index in [-0.39, 0.29) is 11.7 Å². The maximum Gasteiger partial charge on any atom is 0.274 e. The molecule has 1 aromatic heterocycles. The van der Waals surface area contributed by atoms with Gasteiger partial charge in [-0.05, 0) is 25.8 Å². The number of nitro groups is 1. The Labute approximate surface area is 116 Å². The molecule has 7 heteroatoms. The van der Waals surface area contributed by atoms with E-state index >= 15 is 0 Å². The Kier molecular flexibility index (Phi) is 3.80. The van der Waals surface area contributed by atoms with Crippen LogP contribution in [0.3, 0.4) is 0 Å². The molecule has 0 radical (unpaired) electrons. The van der Waals surface area contributed by atoms with Crippen molar-refractivity contribution in [3.05, 3.63) is 45.3 Å². The van der Waals surface area contributed by atoms with Gasteiger partial charge >= 0.3 is 0 Å². The van der Waals surface area contributed by atoms with Crippen molar-refractivity contribution in [1.29, 1.82) is 0 Å². The quantitative estimate of drug-likeness (QED) is 0.681. The minimum atomic E-state index is -0.395. The molecule has 2 aromatic rings. The van der Waals surface area contributed by atoms with Crippen LogP contribution in [-0.2, 0) is 0 Å². The predicted octanol–water partition coefficient (Wildman–Crippen LogP) is 2.20. The highest BCUT2D eigenvalue weighted by Crippen LogP contribution is 2.27. The van der Waals surface area contributed by atoms with E-state index < -0.39 is 4.92 Å². The third kappa shape index (κ3) is 2.39. The number of nitro benzene ring substituents is 1. The molecule has 0 aliphatic carbocycles. The van der Waals surface area contributed by atoms with Crippen LogP contribution in [0.4, 0.5) is 5.69 Å². The highest BCUT2D eigenvalue weighted by Gasteiger charge is 2.19. The molecule has 0 bridgehead atoms. The summed E-state index contributed by atoms with van der Waals surface area (Å²) in [5, 5.41) is 19.1. The lowest BCUT2D eigenvalue weighted by molar-refractivity contribution is -0.385. The standard InChI is InChI=1S/C13H17N5O2/c1-4-10(14)11-7-17(16-15-11)13-8(2)5-6-12(9(13)3)18(19)20/h5-7,10H,4,14H2,1-3H3. The minimum Gasteiger partial charge on any atom is -0.323 e. The van der Waals surface area contributed by atoms with Crippen molar-refractivity contribution in [1.82, 2.24) is 15.0 Å². The van der Waals surface area contributed by atoms with Crippen LogP contribution in [0.25, 0.3) is 5.69 Å². The number of aryl methyl sites for hydroxylation is 1. The van der Waals surface area contributed by atoms with Crippen molar-refractivity contribution in [2.24, 2.45) is 5.73 Å². The molecule has 0 amide bonds. The number of aromatic nitrogens is 3. The first-order valence-corrected chi connectivity index (χ1v) is 6.38. The Hall–Kier alpha value is -2.28. The van der Waals surface area contributed by atoms with Gasteiger partial charge in [-0.15, -0.1) is 5.10 Å². The van der Waals surface area contributed by atoms with E-state index in [1.807, 2.05) is 13.8 Å². The molecule has 1 aromatic carbocycles. The zero-order chi connectivity index (χ0) is 14.9. The molecule has 0 aliphatic rings. The van der Waals surface area contributed by atoms with Crippen molar-refractivity contribution in [3.8, 4) is 5.69 Å². The molecule has 0 fully saturated rings. The van der Waals surface area contributed by atoms with Crippen molar-refractivity contribution >= 4 is 5.69 Å². The van der Waals surface area contributed by atoms with E-state index in [2.05, 4.69) is 10.3 Å². The molecule has 2 rings (SSSR count). The largest absolute Gasteiger partial charge is 0.323 e. The van der Waals surface area contributed by atoms with Crippen molar-refractivity contribution in [3.63, 3.8) is 0 Å². The van der Waals surface area contributed by atoms with Crippen LogP contribution in [0, 0.1) is 24.0 Å². The lowest BCUT2D eigenvalue weighted by Gasteiger charge is -2.09. The first-order valence-electron chi connectivity index (χ1n) is 6.38. The SMILES string of the molecule is CCC(N)c1cn(-c2c(C)ccc([N+](=O)[O-])c2C)nn1. The Balaban J connectivity index is 2.55. The van der Waals surface area contributed by atoms with Gasteiger partial charge in [-0.1, -0.05) is 18.2 Å². The summed E-state index contributed by atoms with van der Waals surface area (Å²) >= 11 is 0. The molecular formula is C13H17N5O2. The fraction of sp³-hybridized carbons (Fsp3) is 0.385. The zero-order valence-corrected chi connectivity index (χ0v) is 11.7. The number of benzene rings is 1. The van der Waals surface area contributed by atoms with E-state index in [0.717, 1.165) is 12.0 Å². The van der Waals surface area contributed by atoms with E-state index in [0.29, 0.717) is 16.9 Å². The third-order valence-corrected chi connectivity index (χ3v) is 3.36. The van der Waals surface area contributed by atoms with Gasteiger partial charge in [0.15, 0.2) is 0 Å². The van der Waals surface area contributed by atoms with Gasteiger partial charge in [-0.3, -0.25) is 10.1 Å².